The maximum Gasteiger partial charge on any atom is 0.326 e. The Morgan fingerprint density at radius 1 is 1.53 bits per heavy atom. The fraction of sp³-hybridized carbons (Fsp3) is 0.500. The van der Waals surface area contributed by atoms with Gasteiger partial charge in [-0.05, 0) is 19.1 Å². The van der Waals surface area contributed by atoms with Crippen molar-refractivity contribution in [3.63, 3.8) is 0 Å². The molecule has 2 amide bonds. The van der Waals surface area contributed by atoms with Gasteiger partial charge in [0.05, 0.1) is 12.6 Å². The molecule has 7 heteroatoms. The van der Waals surface area contributed by atoms with Crippen LogP contribution in [0.5, 0.6) is 0 Å². The molecule has 0 bridgehead atoms. The molecule has 1 saturated heterocycles. The van der Waals surface area contributed by atoms with Crippen LogP contribution in [0.25, 0.3) is 0 Å². The minimum Gasteiger partial charge on any atom is -0.480 e. The summed E-state index contributed by atoms with van der Waals surface area (Å²) in [6.45, 7) is 2.41. The van der Waals surface area contributed by atoms with Crippen LogP contribution >= 0.6 is 11.3 Å². The Hall–Kier alpha value is -1.60. The topological polar surface area (TPSA) is 89.9 Å². The highest BCUT2D eigenvalue weighted by Crippen LogP contribution is 2.19. The van der Waals surface area contributed by atoms with E-state index in [2.05, 4.69) is 5.32 Å². The van der Waals surface area contributed by atoms with E-state index in [4.69, 9.17) is 5.11 Å². The van der Waals surface area contributed by atoms with Gasteiger partial charge in [0, 0.05) is 22.7 Å². The second-order valence-electron chi connectivity index (χ2n) is 4.57. The fourth-order valence-corrected chi connectivity index (χ4v) is 2.95. The third-order valence-corrected chi connectivity index (χ3v) is 4.04. The second kappa shape index (κ2) is 5.58. The van der Waals surface area contributed by atoms with Gasteiger partial charge in [0.2, 0.25) is 0 Å². The van der Waals surface area contributed by atoms with Gasteiger partial charge >= 0.3 is 12.0 Å². The number of carboxylic acids is 1. The molecule has 19 heavy (non-hydrogen) atoms. The number of aliphatic hydroxyl groups is 1. The third kappa shape index (κ3) is 3.24. The monoisotopic (exact) mass is 284 g/mol. The number of carboxylic acid groups (broad SMARTS) is 1. The number of amides is 2. The molecule has 1 aromatic rings. The molecule has 0 radical (unpaired) electrons. The number of hydrogen-bond donors (Lipinski definition) is 3. The van der Waals surface area contributed by atoms with Gasteiger partial charge in [0.25, 0.3) is 0 Å². The number of nitrogens with one attached hydrogen (secondary N) is 1. The predicted molar refractivity (Wildman–Crippen MR) is 70.0 cm³/mol. The van der Waals surface area contributed by atoms with Crippen molar-refractivity contribution >= 4 is 23.3 Å². The number of rotatable bonds is 3. The number of nitrogens with zero attached hydrogens (tertiary/aromatic N) is 1. The van der Waals surface area contributed by atoms with Gasteiger partial charge in [-0.25, -0.2) is 9.59 Å². The average molecular weight is 284 g/mol. The van der Waals surface area contributed by atoms with E-state index in [9.17, 15) is 14.7 Å². The SMILES string of the molecule is Cc1ccc(CNC(=O)N2C[C@H](O)C[C@H]2C(=O)O)s1. The van der Waals surface area contributed by atoms with Crippen molar-refractivity contribution in [3.05, 3.63) is 21.9 Å². The van der Waals surface area contributed by atoms with E-state index >= 15 is 0 Å². The van der Waals surface area contributed by atoms with E-state index in [-0.39, 0.29) is 13.0 Å². The summed E-state index contributed by atoms with van der Waals surface area (Å²) in [5, 5.41) is 21.2. The highest BCUT2D eigenvalue weighted by Gasteiger charge is 2.38. The minimum atomic E-state index is -1.08. The van der Waals surface area contributed by atoms with E-state index in [0.29, 0.717) is 6.54 Å². The predicted octanol–water partition coefficient (Wildman–Crippen LogP) is 0.786. The molecule has 3 N–H and O–H groups in total. The molecule has 2 heterocycles. The fourth-order valence-electron chi connectivity index (χ4n) is 2.12. The standard InChI is InChI=1S/C12H16N2O4S/c1-7-2-3-9(19-7)5-13-12(18)14-6-8(15)4-10(14)11(16)17/h2-3,8,10,15H,4-6H2,1H3,(H,13,18)(H,16,17)/t8-,10+/m1/s1. The number of urea groups is 1. The molecule has 0 saturated carbocycles. The van der Waals surface area contributed by atoms with Gasteiger partial charge < -0.3 is 20.4 Å². The zero-order valence-corrected chi connectivity index (χ0v) is 11.3. The lowest BCUT2D eigenvalue weighted by atomic mass is 10.2. The molecule has 2 atom stereocenters. The number of aliphatic carboxylic acids is 1. The molecule has 104 valence electrons. The quantitative estimate of drug-likeness (QED) is 0.765. The lowest BCUT2D eigenvalue weighted by molar-refractivity contribution is -0.141. The molecule has 2 rings (SSSR count). The van der Waals surface area contributed by atoms with Crippen LogP contribution in [-0.2, 0) is 11.3 Å². The average Bonchev–Trinajstić information content (AvgIpc) is 2.92. The van der Waals surface area contributed by atoms with Crippen molar-refractivity contribution in [3.8, 4) is 0 Å². The van der Waals surface area contributed by atoms with Crippen molar-refractivity contribution in [2.45, 2.75) is 32.0 Å². The van der Waals surface area contributed by atoms with Crippen LogP contribution < -0.4 is 5.32 Å². The Kier molecular flexibility index (Phi) is 4.06. The molecule has 0 aliphatic carbocycles. The maximum atomic E-state index is 11.9. The molecular weight excluding hydrogens is 268 g/mol. The molecular formula is C12H16N2O4S. The molecule has 0 unspecified atom stereocenters. The Morgan fingerprint density at radius 2 is 2.26 bits per heavy atom. The van der Waals surface area contributed by atoms with Gasteiger partial charge in [-0.2, -0.15) is 0 Å². The summed E-state index contributed by atoms with van der Waals surface area (Å²) in [5.74, 6) is -1.08. The van der Waals surface area contributed by atoms with Crippen LogP contribution in [0.15, 0.2) is 12.1 Å². The number of β-amino-alcohol motifs (C(OH)–C–C–N with tert-alkyl or cyclic N) is 1. The summed E-state index contributed by atoms with van der Waals surface area (Å²) in [5.41, 5.74) is 0. The summed E-state index contributed by atoms with van der Waals surface area (Å²) >= 11 is 1.58. The van der Waals surface area contributed by atoms with Crippen molar-refractivity contribution in [2.75, 3.05) is 6.54 Å². The first-order chi connectivity index (χ1) is 8.97. The lowest BCUT2D eigenvalue weighted by Crippen LogP contribution is -2.45. The first-order valence-corrected chi connectivity index (χ1v) is 6.79. The second-order valence-corrected chi connectivity index (χ2v) is 5.94. The minimum absolute atomic E-state index is 0.0618. The zero-order valence-electron chi connectivity index (χ0n) is 10.5. The Morgan fingerprint density at radius 3 is 2.84 bits per heavy atom. The van der Waals surface area contributed by atoms with Crippen LogP contribution in [0, 0.1) is 6.92 Å². The van der Waals surface area contributed by atoms with E-state index in [1.807, 2.05) is 19.1 Å². The molecule has 1 aliphatic rings. The highest BCUT2D eigenvalue weighted by molar-refractivity contribution is 7.11. The zero-order chi connectivity index (χ0) is 14.0. The smallest absolute Gasteiger partial charge is 0.326 e. The molecule has 1 aromatic heterocycles. The number of aliphatic hydroxyl groups excluding tert-OH is 1. The third-order valence-electron chi connectivity index (χ3n) is 3.03. The summed E-state index contributed by atoms with van der Waals surface area (Å²) in [6, 6.07) is 2.50. The summed E-state index contributed by atoms with van der Waals surface area (Å²) in [6.07, 6.45) is -0.684. The number of carbonyl (C=O) groups is 2. The van der Waals surface area contributed by atoms with E-state index in [1.54, 1.807) is 11.3 Å². The Balaban J connectivity index is 1.93. The van der Waals surface area contributed by atoms with Crippen LogP contribution in [0.4, 0.5) is 4.79 Å². The van der Waals surface area contributed by atoms with Crippen LogP contribution in [0.3, 0.4) is 0 Å². The largest absolute Gasteiger partial charge is 0.480 e. The highest BCUT2D eigenvalue weighted by atomic mass is 32.1. The van der Waals surface area contributed by atoms with Gasteiger partial charge in [0.15, 0.2) is 0 Å². The number of likely N-dealkylation sites (tertiary alicyclic amines) is 1. The summed E-state index contributed by atoms with van der Waals surface area (Å²) in [7, 11) is 0. The molecule has 0 aromatic carbocycles. The number of aryl methyl sites for hydroxylation is 1. The summed E-state index contributed by atoms with van der Waals surface area (Å²) < 4.78 is 0. The van der Waals surface area contributed by atoms with E-state index < -0.39 is 24.1 Å². The van der Waals surface area contributed by atoms with Crippen molar-refractivity contribution in [1.82, 2.24) is 10.2 Å². The summed E-state index contributed by atoms with van der Waals surface area (Å²) in [4.78, 5) is 26.3. The molecule has 6 nitrogen and oxygen atoms in total. The number of hydrogen-bond acceptors (Lipinski definition) is 4. The van der Waals surface area contributed by atoms with Crippen molar-refractivity contribution < 1.29 is 19.8 Å². The van der Waals surface area contributed by atoms with Gasteiger partial charge in [0.1, 0.15) is 6.04 Å². The number of carbonyl (C=O) groups excluding carboxylic acids is 1. The van der Waals surface area contributed by atoms with Crippen molar-refractivity contribution in [2.24, 2.45) is 0 Å². The van der Waals surface area contributed by atoms with Gasteiger partial charge in [-0.1, -0.05) is 0 Å². The first-order valence-electron chi connectivity index (χ1n) is 5.98. The Labute approximate surface area is 114 Å². The van der Waals surface area contributed by atoms with Crippen LogP contribution in [0.2, 0.25) is 0 Å². The van der Waals surface area contributed by atoms with Crippen molar-refractivity contribution in [1.29, 1.82) is 0 Å². The molecule has 1 fully saturated rings. The molecule has 0 spiro atoms. The van der Waals surface area contributed by atoms with Crippen LogP contribution in [-0.4, -0.2) is 45.8 Å². The van der Waals surface area contributed by atoms with E-state index in [0.717, 1.165) is 9.75 Å². The van der Waals surface area contributed by atoms with Gasteiger partial charge in [-0.15, -0.1) is 11.3 Å². The molecule has 1 aliphatic heterocycles. The van der Waals surface area contributed by atoms with Gasteiger partial charge in [-0.3, -0.25) is 0 Å². The normalized spacial score (nSPS) is 22.5. The Bertz CT molecular complexity index is 488. The van der Waals surface area contributed by atoms with E-state index in [1.165, 1.54) is 4.90 Å². The van der Waals surface area contributed by atoms with Crippen LogP contribution in [0.1, 0.15) is 16.2 Å². The maximum absolute atomic E-state index is 11.9. The number of thiophene rings is 1. The first kappa shape index (κ1) is 13.8. The lowest BCUT2D eigenvalue weighted by Gasteiger charge is -2.21.